The largest absolute Gasteiger partial charge is 0.270 e. The zero-order valence-electron chi connectivity index (χ0n) is 13.7. The number of hydrogen-bond acceptors (Lipinski definition) is 2. The van der Waals surface area contributed by atoms with Crippen LogP contribution in [0.4, 0.5) is 5.69 Å². The minimum Gasteiger partial charge on any atom is -0.268 e. The molecular formula is C20H24N2O. The molecule has 1 amide bonds. The number of hydrazine groups is 1. The predicted molar refractivity (Wildman–Crippen MR) is 90.6 cm³/mol. The third kappa shape index (κ3) is 2.02. The van der Waals surface area contributed by atoms with Gasteiger partial charge in [0.15, 0.2) is 0 Å². The van der Waals surface area contributed by atoms with Crippen LogP contribution in [0, 0.1) is 23.7 Å². The van der Waals surface area contributed by atoms with Crippen molar-refractivity contribution in [1.29, 1.82) is 0 Å². The SMILES string of the molecule is CC1NN(c2ccccc2)C(=O)C1=C1C2CC3CC(C2)CC1C3. The van der Waals surface area contributed by atoms with Crippen LogP contribution in [0.15, 0.2) is 41.5 Å². The van der Waals surface area contributed by atoms with Gasteiger partial charge in [0.2, 0.25) is 0 Å². The van der Waals surface area contributed by atoms with E-state index in [0.29, 0.717) is 11.8 Å². The van der Waals surface area contributed by atoms with Crippen LogP contribution in [0.2, 0.25) is 0 Å². The van der Waals surface area contributed by atoms with Gasteiger partial charge in [-0.15, -0.1) is 0 Å². The molecule has 1 aromatic rings. The quantitative estimate of drug-likeness (QED) is 0.803. The molecule has 5 aliphatic rings. The van der Waals surface area contributed by atoms with Crippen molar-refractivity contribution in [3.63, 3.8) is 0 Å². The predicted octanol–water partition coefficient (Wildman–Crippen LogP) is 3.68. The number of carbonyl (C=O) groups excluding carboxylic acids is 1. The maximum atomic E-state index is 13.1. The van der Waals surface area contributed by atoms with Crippen LogP contribution in [0.3, 0.4) is 0 Å². The van der Waals surface area contributed by atoms with E-state index in [2.05, 4.69) is 12.3 Å². The van der Waals surface area contributed by atoms with Crippen LogP contribution in [0.5, 0.6) is 0 Å². The fraction of sp³-hybridized carbons (Fsp3) is 0.550. The van der Waals surface area contributed by atoms with Gasteiger partial charge in [-0.05, 0) is 74.8 Å². The van der Waals surface area contributed by atoms with Gasteiger partial charge in [-0.1, -0.05) is 23.8 Å². The van der Waals surface area contributed by atoms with Crippen LogP contribution in [0.1, 0.15) is 39.0 Å². The van der Waals surface area contributed by atoms with E-state index in [1.165, 1.54) is 37.7 Å². The number of allylic oxidation sites excluding steroid dienone is 1. The van der Waals surface area contributed by atoms with E-state index in [-0.39, 0.29) is 11.9 Å². The van der Waals surface area contributed by atoms with Gasteiger partial charge >= 0.3 is 0 Å². The Hall–Kier alpha value is -1.61. The van der Waals surface area contributed by atoms with Crippen molar-refractivity contribution >= 4 is 11.6 Å². The number of para-hydroxylation sites is 1. The Labute approximate surface area is 137 Å². The number of benzene rings is 1. The Morgan fingerprint density at radius 3 is 2.17 bits per heavy atom. The highest BCUT2D eigenvalue weighted by molar-refractivity contribution is 6.08. The molecule has 4 bridgehead atoms. The Balaban J connectivity index is 1.54. The molecule has 1 atom stereocenters. The summed E-state index contributed by atoms with van der Waals surface area (Å²) in [5.74, 6) is 3.43. The molecule has 4 saturated carbocycles. The standard InChI is InChI=1S/C20H24N2O/c1-12-18(20(23)22(21-12)17-5-3-2-4-6-17)19-15-8-13-7-14(10-15)11-16(19)9-13/h2-6,12-16,21H,7-11H2,1H3. The van der Waals surface area contributed by atoms with E-state index in [1.807, 2.05) is 30.3 Å². The highest BCUT2D eigenvalue weighted by atomic mass is 16.2. The summed E-state index contributed by atoms with van der Waals surface area (Å²) in [5, 5.41) is 1.76. The topological polar surface area (TPSA) is 32.3 Å². The van der Waals surface area contributed by atoms with Crippen LogP contribution in [0.25, 0.3) is 0 Å². The summed E-state index contributed by atoms with van der Waals surface area (Å²) >= 11 is 0. The van der Waals surface area contributed by atoms with E-state index in [4.69, 9.17) is 0 Å². The van der Waals surface area contributed by atoms with Crippen molar-refractivity contribution in [3.05, 3.63) is 41.5 Å². The number of hydrogen-bond donors (Lipinski definition) is 1. The van der Waals surface area contributed by atoms with Gasteiger partial charge in [-0.25, -0.2) is 10.4 Å². The number of amides is 1. The van der Waals surface area contributed by atoms with Crippen molar-refractivity contribution in [2.24, 2.45) is 23.7 Å². The zero-order chi connectivity index (χ0) is 15.6. The summed E-state index contributed by atoms with van der Waals surface area (Å²) in [6.07, 6.45) is 6.77. The summed E-state index contributed by atoms with van der Waals surface area (Å²) in [6, 6.07) is 10.1. The molecule has 1 aliphatic heterocycles. The molecule has 23 heavy (non-hydrogen) atoms. The van der Waals surface area contributed by atoms with Crippen molar-refractivity contribution in [2.45, 2.75) is 45.1 Å². The second kappa shape index (κ2) is 4.94. The fourth-order valence-electron chi connectivity index (χ4n) is 5.90. The molecule has 1 unspecified atom stereocenters. The Kier molecular flexibility index (Phi) is 2.96. The summed E-state index contributed by atoms with van der Waals surface area (Å²) < 4.78 is 0. The van der Waals surface area contributed by atoms with Crippen LogP contribution in [-0.2, 0) is 4.79 Å². The van der Waals surface area contributed by atoms with Gasteiger partial charge in [0.25, 0.3) is 5.91 Å². The van der Waals surface area contributed by atoms with E-state index in [1.54, 1.807) is 5.01 Å². The maximum absolute atomic E-state index is 13.1. The molecule has 5 fully saturated rings. The van der Waals surface area contributed by atoms with E-state index >= 15 is 0 Å². The second-order valence-electron chi connectivity index (χ2n) is 8.00. The fourth-order valence-corrected chi connectivity index (χ4v) is 5.90. The number of rotatable bonds is 1. The number of anilines is 1. The number of carbonyl (C=O) groups is 1. The first-order chi connectivity index (χ1) is 11.2. The lowest BCUT2D eigenvalue weighted by atomic mass is 9.53. The van der Waals surface area contributed by atoms with Gasteiger partial charge in [0.1, 0.15) is 0 Å². The van der Waals surface area contributed by atoms with Crippen LogP contribution >= 0.6 is 0 Å². The molecule has 1 heterocycles. The molecule has 1 aromatic carbocycles. The van der Waals surface area contributed by atoms with E-state index in [9.17, 15) is 4.79 Å². The third-order valence-corrected chi connectivity index (χ3v) is 6.53. The highest BCUT2D eigenvalue weighted by Gasteiger charge is 2.49. The molecule has 1 N–H and O–H groups in total. The summed E-state index contributed by atoms with van der Waals surface area (Å²) in [6.45, 7) is 2.15. The maximum Gasteiger partial charge on any atom is 0.270 e. The molecule has 1 saturated heterocycles. The minimum absolute atomic E-state index is 0.134. The Morgan fingerprint density at radius 1 is 0.957 bits per heavy atom. The smallest absolute Gasteiger partial charge is 0.268 e. The average Bonchev–Trinajstić information content (AvgIpc) is 2.83. The van der Waals surface area contributed by atoms with Crippen LogP contribution < -0.4 is 10.4 Å². The normalized spacial score (nSPS) is 38.7. The Morgan fingerprint density at radius 2 is 1.57 bits per heavy atom. The first-order valence-electron chi connectivity index (χ1n) is 9.10. The lowest BCUT2D eigenvalue weighted by Gasteiger charge is -2.52. The first kappa shape index (κ1) is 13.8. The van der Waals surface area contributed by atoms with E-state index in [0.717, 1.165) is 23.1 Å². The van der Waals surface area contributed by atoms with Crippen molar-refractivity contribution in [2.75, 3.05) is 5.01 Å². The van der Waals surface area contributed by atoms with Gasteiger partial charge in [-0.3, -0.25) is 4.79 Å². The van der Waals surface area contributed by atoms with Gasteiger partial charge in [-0.2, -0.15) is 0 Å². The molecule has 4 aliphatic carbocycles. The van der Waals surface area contributed by atoms with Crippen LogP contribution in [-0.4, -0.2) is 11.9 Å². The number of nitrogens with zero attached hydrogens (tertiary/aromatic N) is 1. The third-order valence-electron chi connectivity index (χ3n) is 6.53. The molecule has 0 radical (unpaired) electrons. The van der Waals surface area contributed by atoms with Crippen molar-refractivity contribution in [1.82, 2.24) is 5.43 Å². The zero-order valence-corrected chi connectivity index (χ0v) is 13.7. The molecule has 3 nitrogen and oxygen atoms in total. The molecule has 3 heteroatoms. The number of nitrogens with one attached hydrogen (secondary N) is 1. The molecule has 6 rings (SSSR count). The lowest BCUT2D eigenvalue weighted by Crippen LogP contribution is -2.42. The first-order valence-corrected chi connectivity index (χ1v) is 9.10. The minimum atomic E-state index is 0.134. The summed E-state index contributed by atoms with van der Waals surface area (Å²) in [7, 11) is 0. The molecular weight excluding hydrogens is 284 g/mol. The van der Waals surface area contributed by atoms with Crippen molar-refractivity contribution < 1.29 is 4.79 Å². The average molecular weight is 308 g/mol. The van der Waals surface area contributed by atoms with Gasteiger partial charge in [0, 0.05) is 5.57 Å². The van der Waals surface area contributed by atoms with Gasteiger partial charge < -0.3 is 0 Å². The monoisotopic (exact) mass is 308 g/mol. The summed E-state index contributed by atoms with van der Waals surface area (Å²) in [4.78, 5) is 13.1. The van der Waals surface area contributed by atoms with Gasteiger partial charge in [0.05, 0.1) is 11.7 Å². The molecule has 120 valence electrons. The Bertz CT molecular complexity index is 648. The molecule has 0 aromatic heterocycles. The summed E-state index contributed by atoms with van der Waals surface area (Å²) in [5.41, 5.74) is 6.97. The van der Waals surface area contributed by atoms with Crippen molar-refractivity contribution in [3.8, 4) is 0 Å². The lowest BCUT2D eigenvalue weighted by molar-refractivity contribution is -0.114. The molecule has 0 spiro atoms. The second-order valence-corrected chi connectivity index (χ2v) is 8.00. The van der Waals surface area contributed by atoms with E-state index < -0.39 is 0 Å². The highest BCUT2D eigenvalue weighted by Crippen LogP contribution is 2.57.